The summed E-state index contributed by atoms with van der Waals surface area (Å²) in [6.07, 6.45) is 1.15. The van der Waals surface area contributed by atoms with E-state index in [1.807, 2.05) is 0 Å². The lowest BCUT2D eigenvalue weighted by Crippen LogP contribution is -2.52. The van der Waals surface area contributed by atoms with Gasteiger partial charge in [0.05, 0.1) is 23.6 Å². The number of likely N-dealkylation sites (tertiary alicyclic amines) is 1. The number of hydrogen-bond donors (Lipinski definition) is 3. The molecule has 1 aromatic carbocycles. The van der Waals surface area contributed by atoms with Crippen molar-refractivity contribution < 1.29 is 23.4 Å². The summed E-state index contributed by atoms with van der Waals surface area (Å²) in [6.45, 7) is 1.40. The number of piperidine rings is 1. The first kappa shape index (κ1) is 20.0. The van der Waals surface area contributed by atoms with E-state index in [0.29, 0.717) is 5.02 Å². The molecule has 3 N–H and O–H groups in total. The fourth-order valence-electron chi connectivity index (χ4n) is 3.70. The lowest BCUT2D eigenvalue weighted by Gasteiger charge is -2.36. The minimum atomic E-state index is -3.71. The number of ether oxygens (including phenoxy) is 1. The molecule has 146 valence electrons. The fourth-order valence-corrected chi connectivity index (χ4v) is 4.87. The van der Waals surface area contributed by atoms with Crippen LogP contribution in [0.4, 0.5) is 0 Å². The second-order valence-electron chi connectivity index (χ2n) is 6.78. The van der Waals surface area contributed by atoms with Gasteiger partial charge in [-0.2, -0.15) is 0 Å². The maximum absolute atomic E-state index is 12.5. The molecule has 2 aliphatic rings. The third-order valence-electron chi connectivity index (χ3n) is 5.05. The van der Waals surface area contributed by atoms with Crippen molar-refractivity contribution in [3.05, 3.63) is 29.3 Å². The van der Waals surface area contributed by atoms with Crippen LogP contribution < -0.4 is 4.72 Å². The lowest BCUT2D eigenvalue weighted by molar-refractivity contribution is -0.0201. The largest absolute Gasteiger partial charge is 0.394 e. The topological polar surface area (TPSA) is 99.1 Å². The first-order valence-corrected chi connectivity index (χ1v) is 10.7. The molecule has 4 atom stereocenters. The summed E-state index contributed by atoms with van der Waals surface area (Å²) >= 11 is 5.80. The second-order valence-corrected chi connectivity index (χ2v) is 8.98. The van der Waals surface area contributed by atoms with Crippen LogP contribution >= 0.6 is 11.6 Å². The van der Waals surface area contributed by atoms with Crippen LogP contribution in [0, 0.1) is 0 Å². The van der Waals surface area contributed by atoms with Crippen LogP contribution in [0.2, 0.25) is 5.02 Å². The zero-order chi connectivity index (χ0) is 18.7. The number of aliphatic hydroxyl groups excluding tert-OH is 2. The molecular formula is C17H25ClN2O5S. The van der Waals surface area contributed by atoms with Crippen molar-refractivity contribution in [1.29, 1.82) is 0 Å². The highest BCUT2D eigenvalue weighted by Crippen LogP contribution is 2.28. The smallest absolute Gasteiger partial charge is 0.240 e. The van der Waals surface area contributed by atoms with Gasteiger partial charge in [0.2, 0.25) is 10.0 Å². The van der Waals surface area contributed by atoms with Crippen LogP contribution in [0.15, 0.2) is 29.2 Å². The van der Waals surface area contributed by atoms with Crippen LogP contribution in [-0.4, -0.2) is 74.1 Å². The minimum Gasteiger partial charge on any atom is -0.394 e. The van der Waals surface area contributed by atoms with E-state index in [1.165, 1.54) is 24.3 Å². The Morgan fingerprint density at radius 2 is 1.81 bits per heavy atom. The molecule has 0 bridgehead atoms. The van der Waals surface area contributed by atoms with Gasteiger partial charge in [0.25, 0.3) is 0 Å². The molecule has 0 spiro atoms. The molecule has 2 fully saturated rings. The molecule has 0 aliphatic carbocycles. The van der Waals surface area contributed by atoms with Crippen LogP contribution in [0.1, 0.15) is 19.3 Å². The van der Waals surface area contributed by atoms with Crippen LogP contribution in [0.5, 0.6) is 0 Å². The number of sulfonamides is 1. The predicted molar refractivity (Wildman–Crippen MR) is 97.6 cm³/mol. The van der Waals surface area contributed by atoms with Gasteiger partial charge >= 0.3 is 0 Å². The Bertz CT molecular complexity index is 694. The molecule has 2 aliphatic heterocycles. The number of nitrogens with one attached hydrogen (secondary N) is 1. The molecule has 3 rings (SSSR count). The predicted octanol–water partition coefficient (Wildman–Crippen LogP) is 0.593. The first-order valence-electron chi connectivity index (χ1n) is 8.86. The summed E-state index contributed by atoms with van der Waals surface area (Å²) < 4.78 is 33.3. The second kappa shape index (κ2) is 8.52. The van der Waals surface area contributed by atoms with Crippen molar-refractivity contribution >= 4 is 21.6 Å². The average molecular weight is 405 g/mol. The number of nitrogens with zero attached hydrogens (tertiary/aromatic N) is 1. The molecular weight excluding hydrogens is 380 g/mol. The standard InChI is InChI=1S/C17H25ClN2O5S/c18-12-4-6-13(7-5-12)26(23,24)19-10-14-16(17(22)15(11-21)25-14)20-8-2-1-3-9-20/h4-7,14-17,19,21-22H,1-3,8-11H2. The van der Waals surface area contributed by atoms with Crippen molar-refractivity contribution in [3.63, 3.8) is 0 Å². The highest BCUT2D eigenvalue weighted by atomic mass is 35.5. The van der Waals surface area contributed by atoms with Crippen molar-refractivity contribution in [2.75, 3.05) is 26.2 Å². The number of halogens is 1. The molecule has 1 aromatic rings. The van der Waals surface area contributed by atoms with Crippen molar-refractivity contribution in [2.24, 2.45) is 0 Å². The molecule has 9 heteroatoms. The van der Waals surface area contributed by atoms with E-state index in [1.54, 1.807) is 0 Å². The fraction of sp³-hybridized carbons (Fsp3) is 0.647. The van der Waals surface area contributed by atoms with Gasteiger partial charge in [0.15, 0.2) is 0 Å². The number of aliphatic hydroxyl groups is 2. The molecule has 2 saturated heterocycles. The van der Waals surface area contributed by atoms with Gasteiger partial charge in [0.1, 0.15) is 12.2 Å². The lowest BCUT2D eigenvalue weighted by atomic mass is 9.99. The van der Waals surface area contributed by atoms with E-state index < -0.39 is 28.3 Å². The molecule has 2 heterocycles. The third kappa shape index (κ3) is 4.39. The highest BCUT2D eigenvalue weighted by molar-refractivity contribution is 7.89. The Balaban J connectivity index is 1.70. The van der Waals surface area contributed by atoms with E-state index in [4.69, 9.17) is 16.3 Å². The Labute approximate surface area is 159 Å². The number of rotatable bonds is 6. The van der Waals surface area contributed by atoms with Gasteiger partial charge < -0.3 is 14.9 Å². The summed E-state index contributed by atoms with van der Waals surface area (Å²) in [7, 11) is -3.71. The van der Waals surface area contributed by atoms with Gasteiger partial charge in [0, 0.05) is 11.6 Å². The van der Waals surface area contributed by atoms with Gasteiger partial charge in [-0.1, -0.05) is 18.0 Å². The molecule has 0 radical (unpaired) electrons. The number of benzene rings is 1. The van der Waals surface area contributed by atoms with Crippen molar-refractivity contribution in [2.45, 2.75) is 48.5 Å². The average Bonchev–Trinajstić information content (AvgIpc) is 2.97. The number of hydrogen-bond acceptors (Lipinski definition) is 6. The van der Waals surface area contributed by atoms with Gasteiger partial charge in [-0.25, -0.2) is 13.1 Å². The summed E-state index contributed by atoms with van der Waals surface area (Å²) in [5.74, 6) is 0. The SMILES string of the molecule is O=S(=O)(NCC1OC(CO)C(O)C1N1CCCCC1)c1ccc(Cl)cc1. The van der Waals surface area contributed by atoms with E-state index in [0.717, 1.165) is 32.4 Å². The maximum atomic E-state index is 12.5. The Morgan fingerprint density at radius 1 is 1.15 bits per heavy atom. The third-order valence-corrected chi connectivity index (χ3v) is 6.74. The van der Waals surface area contributed by atoms with E-state index in [9.17, 15) is 18.6 Å². The summed E-state index contributed by atoms with van der Waals surface area (Å²) in [6, 6.07) is 5.58. The molecule has 4 unspecified atom stereocenters. The van der Waals surface area contributed by atoms with Gasteiger partial charge in [-0.05, 0) is 50.2 Å². The quantitative estimate of drug-likeness (QED) is 0.642. The first-order chi connectivity index (χ1) is 12.4. The highest BCUT2D eigenvalue weighted by Gasteiger charge is 2.46. The van der Waals surface area contributed by atoms with Crippen LogP contribution in [0.3, 0.4) is 0 Å². The molecule has 0 amide bonds. The molecule has 26 heavy (non-hydrogen) atoms. The normalized spacial score (nSPS) is 30.6. The maximum Gasteiger partial charge on any atom is 0.240 e. The molecule has 0 aromatic heterocycles. The van der Waals surface area contributed by atoms with Gasteiger partial charge in [-0.3, -0.25) is 4.90 Å². The Morgan fingerprint density at radius 3 is 2.42 bits per heavy atom. The van der Waals surface area contributed by atoms with E-state index in [-0.39, 0.29) is 24.1 Å². The van der Waals surface area contributed by atoms with E-state index in [2.05, 4.69) is 9.62 Å². The monoisotopic (exact) mass is 404 g/mol. The Hall–Kier alpha value is -0.740. The Kier molecular flexibility index (Phi) is 6.55. The summed E-state index contributed by atoms with van der Waals surface area (Å²) in [5, 5.41) is 20.4. The van der Waals surface area contributed by atoms with Crippen molar-refractivity contribution in [1.82, 2.24) is 9.62 Å². The van der Waals surface area contributed by atoms with E-state index >= 15 is 0 Å². The minimum absolute atomic E-state index is 0.0275. The van der Waals surface area contributed by atoms with Crippen LogP contribution in [-0.2, 0) is 14.8 Å². The summed E-state index contributed by atoms with van der Waals surface area (Å²) in [5.41, 5.74) is 0. The molecule has 0 saturated carbocycles. The molecule has 7 nitrogen and oxygen atoms in total. The zero-order valence-corrected chi connectivity index (χ0v) is 16.0. The zero-order valence-electron chi connectivity index (χ0n) is 14.4. The van der Waals surface area contributed by atoms with Gasteiger partial charge in [-0.15, -0.1) is 0 Å². The van der Waals surface area contributed by atoms with Crippen molar-refractivity contribution in [3.8, 4) is 0 Å². The van der Waals surface area contributed by atoms with Crippen LogP contribution in [0.25, 0.3) is 0 Å². The summed E-state index contributed by atoms with van der Waals surface area (Å²) in [4.78, 5) is 2.26.